The maximum atomic E-state index is 12.1. The molecule has 98 valence electrons. The average molecular weight is 247 g/mol. The van der Waals surface area contributed by atoms with Gasteiger partial charge in [0.1, 0.15) is 0 Å². The molecule has 0 spiro atoms. The van der Waals surface area contributed by atoms with Crippen molar-refractivity contribution in [3.05, 3.63) is 29.8 Å². The molecule has 18 heavy (non-hydrogen) atoms. The van der Waals surface area contributed by atoms with E-state index in [4.69, 9.17) is 5.73 Å². The van der Waals surface area contributed by atoms with E-state index in [9.17, 15) is 4.79 Å². The Bertz CT molecular complexity index is 431. The van der Waals surface area contributed by atoms with Crippen molar-refractivity contribution < 1.29 is 4.79 Å². The topological polar surface area (TPSA) is 58.4 Å². The smallest absolute Gasteiger partial charge is 0.251 e. The molecule has 4 heteroatoms. The average Bonchev–Trinajstić information content (AvgIpc) is 2.75. The molecule has 1 saturated carbocycles. The van der Waals surface area contributed by atoms with Crippen LogP contribution < -0.4 is 16.0 Å². The lowest BCUT2D eigenvalue weighted by Crippen LogP contribution is -2.43. The Hall–Kier alpha value is -1.55. The van der Waals surface area contributed by atoms with E-state index in [2.05, 4.69) is 5.32 Å². The van der Waals surface area contributed by atoms with Crippen LogP contribution in [0.1, 0.15) is 29.6 Å². The normalized spacial score (nSPS) is 22.8. The maximum absolute atomic E-state index is 12.1. The van der Waals surface area contributed by atoms with Gasteiger partial charge in [-0.05, 0) is 37.5 Å². The van der Waals surface area contributed by atoms with Gasteiger partial charge in [0.2, 0.25) is 0 Å². The van der Waals surface area contributed by atoms with Crippen LogP contribution in [0.3, 0.4) is 0 Å². The number of amides is 1. The number of nitrogens with one attached hydrogen (secondary N) is 1. The summed E-state index contributed by atoms with van der Waals surface area (Å²) in [5.41, 5.74) is 7.68. The van der Waals surface area contributed by atoms with Crippen LogP contribution in [0.25, 0.3) is 0 Å². The van der Waals surface area contributed by atoms with Gasteiger partial charge in [-0.3, -0.25) is 4.79 Å². The van der Waals surface area contributed by atoms with E-state index < -0.39 is 0 Å². The molecule has 0 heterocycles. The van der Waals surface area contributed by atoms with E-state index in [1.807, 2.05) is 43.3 Å². The minimum Gasteiger partial charge on any atom is -0.378 e. The number of nitrogens with two attached hydrogens (primary N) is 1. The third-order valence-electron chi connectivity index (χ3n) is 3.51. The molecule has 2 atom stereocenters. The summed E-state index contributed by atoms with van der Waals surface area (Å²) in [5.74, 6) is -0.0268. The van der Waals surface area contributed by atoms with Crippen molar-refractivity contribution in [3.8, 4) is 0 Å². The van der Waals surface area contributed by atoms with Crippen molar-refractivity contribution in [3.63, 3.8) is 0 Å². The highest BCUT2D eigenvalue weighted by Crippen LogP contribution is 2.18. The van der Waals surface area contributed by atoms with E-state index in [0.29, 0.717) is 5.56 Å². The first-order valence-electron chi connectivity index (χ1n) is 6.42. The van der Waals surface area contributed by atoms with Crippen LogP contribution in [0, 0.1) is 0 Å². The standard InChI is InChI=1S/C14H21N3O/c1-17(2)11-6-3-5-10(9-11)14(18)16-13-8-4-7-12(13)15/h3,5-6,9,12-13H,4,7-8,15H2,1-2H3,(H,16,18). The highest BCUT2D eigenvalue weighted by atomic mass is 16.1. The number of carbonyl (C=O) groups excluding carboxylic acids is 1. The quantitative estimate of drug-likeness (QED) is 0.848. The van der Waals surface area contributed by atoms with Crippen molar-refractivity contribution in [2.75, 3.05) is 19.0 Å². The largest absolute Gasteiger partial charge is 0.378 e. The van der Waals surface area contributed by atoms with Gasteiger partial charge in [0.15, 0.2) is 0 Å². The maximum Gasteiger partial charge on any atom is 0.251 e. The monoisotopic (exact) mass is 247 g/mol. The molecule has 1 aliphatic carbocycles. The highest BCUT2D eigenvalue weighted by Gasteiger charge is 2.25. The first-order chi connectivity index (χ1) is 8.58. The second kappa shape index (κ2) is 5.40. The summed E-state index contributed by atoms with van der Waals surface area (Å²) in [5, 5.41) is 3.03. The van der Waals surface area contributed by atoms with Gasteiger partial charge in [0.25, 0.3) is 5.91 Å². The van der Waals surface area contributed by atoms with Crippen molar-refractivity contribution in [1.82, 2.24) is 5.32 Å². The van der Waals surface area contributed by atoms with E-state index >= 15 is 0 Å². The minimum absolute atomic E-state index is 0.0268. The van der Waals surface area contributed by atoms with Crippen LogP contribution in [0.2, 0.25) is 0 Å². The van der Waals surface area contributed by atoms with E-state index in [-0.39, 0.29) is 18.0 Å². The summed E-state index contributed by atoms with van der Waals surface area (Å²) in [7, 11) is 3.92. The lowest BCUT2D eigenvalue weighted by atomic mass is 10.1. The zero-order valence-electron chi connectivity index (χ0n) is 11.0. The van der Waals surface area contributed by atoms with Gasteiger partial charge in [0, 0.05) is 37.4 Å². The molecule has 1 fully saturated rings. The number of anilines is 1. The summed E-state index contributed by atoms with van der Waals surface area (Å²) in [6.07, 6.45) is 3.09. The molecular formula is C14H21N3O. The summed E-state index contributed by atoms with van der Waals surface area (Å²) in [4.78, 5) is 14.1. The van der Waals surface area contributed by atoms with Gasteiger partial charge >= 0.3 is 0 Å². The van der Waals surface area contributed by atoms with Crippen LogP contribution in [-0.4, -0.2) is 32.1 Å². The molecule has 2 rings (SSSR count). The van der Waals surface area contributed by atoms with E-state index in [0.717, 1.165) is 24.9 Å². The number of rotatable bonds is 3. The molecule has 1 aromatic rings. The Morgan fingerprint density at radius 3 is 2.78 bits per heavy atom. The van der Waals surface area contributed by atoms with Gasteiger partial charge in [-0.25, -0.2) is 0 Å². The SMILES string of the molecule is CN(C)c1cccc(C(=O)NC2CCCC2N)c1. The third kappa shape index (κ3) is 2.82. The molecule has 3 N–H and O–H groups in total. The van der Waals surface area contributed by atoms with Crippen LogP contribution in [0.4, 0.5) is 5.69 Å². The van der Waals surface area contributed by atoms with Crippen molar-refractivity contribution in [2.24, 2.45) is 5.73 Å². The molecule has 0 aromatic heterocycles. The Morgan fingerprint density at radius 1 is 1.39 bits per heavy atom. The van der Waals surface area contributed by atoms with Crippen LogP contribution in [0.5, 0.6) is 0 Å². The van der Waals surface area contributed by atoms with Crippen molar-refractivity contribution in [2.45, 2.75) is 31.3 Å². The molecule has 0 saturated heterocycles. The van der Waals surface area contributed by atoms with Crippen molar-refractivity contribution >= 4 is 11.6 Å². The number of carbonyl (C=O) groups is 1. The highest BCUT2D eigenvalue weighted by molar-refractivity contribution is 5.95. The molecular weight excluding hydrogens is 226 g/mol. The van der Waals surface area contributed by atoms with Gasteiger partial charge in [-0.15, -0.1) is 0 Å². The Labute approximate surface area is 108 Å². The van der Waals surface area contributed by atoms with Crippen LogP contribution >= 0.6 is 0 Å². The Kier molecular flexibility index (Phi) is 3.87. The molecule has 4 nitrogen and oxygen atoms in total. The second-order valence-corrected chi connectivity index (χ2v) is 5.12. The van der Waals surface area contributed by atoms with Gasteiger partial charge < -0.3 is 16.0 Å². The minimum atomic E-state index is -0.0268. The zero-order chi connectivity index (χ0) is 13.1. The first-order valence-corrected chi connectivity index (χ1v) is 6.42. The summed E-state index contributed by atoms with van der Waals surface area (Å²) >= 11 is 0. The molecule has 1 aliphatic rings. The molecule has 0 aliphatic heterocycles. The van der Waals surface area contributed by atoms with Gasteiger partial charge in [-0.1, -0.05) is 6.07 Å². The van der Waals surface area contributed by atoms with Crippen molar-refractivity contribution in [1.29, 1.82) is 0 Å². The summed E-state index contributed by atoms with van der Waals surface area (Å²) in [6.45, 7) is 0. The lowest BCUT2D eigenvalue weighted by Gasteiger charge is -2.18. The third-order valence-corrected chi connectivity index (χ3v) is 3.51. The summed E-state index contributed by atoms with van der Waals surface area (Å²) in [6, 6.07) is 7.85. The fraction of sp³-hybridized carbons (Fsp3) is 0.500. The van der Waals surface area contributed by atoms with E-state index in [1.54, 1.807) is 0 Å². The van der Waals surface area contributed by atoms with Gasteiger partial charge in [-0.2, -0.15) is 0 Å². The number of benzene rings is 1. The van der Waals surface area contributed by atoms with E-state index in [1.165, 1.54) is 0 Å². The van der Waals surface area contributed by atoms with Gasteiger partial charge in [0.05, 0.1) is 0 Å². The predicted molar refractivity (Wildman–Crippen MR) is 73.8 cm³/mol. The number of hydrogen-bond acceptors (Lipinski definition) is 3. The zero-order valence-corrected chi connectivity index (χ0v) is 11.0. The number of hydrogen-bond donors (Lipinski definition) is 2. The predicted octanol–water partition coefficient (Wildman–Crippen LogP) is 1.36. The Balaban J connectivity index is 2.06. The summed E-state index contributed by atoms with van der Waals surface area (Å²) < 4.78 is 0. The molecule has 1 aromatic carbocycles. The van der Waals surface area contributed by atoms with Crippen LogP contribution in [0.15, 0.2) is 24.3 Å². The Morgan fingerprint density at radius 2 is 2.17 bits per heavy atom. The van der Waals surface area contributed by atoms with Crippen LogP contribution in [-0.2, 0) is 0 Å². The first kappa shape index (κ1) is 12.9. The fourth-order valence-electron chi connectivity index (χ4n) is 2.34. The fourth-order valence-corrected chi connectivity index (χ4v) is 2.34. The lowest BCUT2D eigenvalue weighted by molar-refractivity contribution is 0.0934. The molecule has 0 radical (unpaired) electrons. The number of nitrogens with zero attached hydrogens (tertiary/aromatic N) is 1. The molecule has 0 bridgehead atoms. The molecule has 1 amide bonds. The molecule has 2 unspecified atom stereocenters. The second-order valence-electron chi connectivity index (χ2n) is 5.12.